The van der Waals surface area contributed by atoms with E-state index < -0.39 is 6.10 Å². The smallest absolute Gasteiger partial charge is 0.224 e. The average Bonchev–Trinajstić information content (AvgIpc) is 2.76. The Bertz CT molecular complexity index is 301. The predicted octanol–water partition coefficient (Wildman–Crippen LogP) is 1.52. The second-order valence-electron chi connectivity index (χ2n) is 3.55. The first kappa shape index (κ1) is 13.5. The molecule has 1 heterocycles. The lowest BCUT2D eigenvalue weighted by atomic mass is 10.2. The maximum absolute atomic E-state index is 11.5. The lowest BCUT2D eigenvalue weighted by Crippen LogP contribution is -2.33. The summed E-state index contributed by atoms with van der Waals surface area (Å²) in [6.07, 6.45) is 2.69. The number of hydrogen-bond donors (Lipinski definition) is 2. The Balaban J connectivity index is 2.15. The second-order valence-corrected chi connectivity index (χ2v) is 5.31. The summed E-state index contributed by atoms with van der Waals surface area (Å²) in [5.74, 6) is 0.892. The number of amides is 1. The van der Waals surface area contributed by atoms with Crippen LogP contribution in [0.2, 0.25) is 0 Å². The summed E-state index contributed by atoms with van der Waals surface area (Å²) in [6, 6.07) is 1.94. The third kappa shape index (κ3) is 5.53. The zero-order valence-electron chi connectivity index (χ0n) is 9.31. The molecule has 0 radical (unpaired) electrons. The van der Waals surface area contributed by atoms with Crippen molar-refractivity contribution in [3.8, 4) is 0 Å². The Morgan fingerprint density at radius 1 is 1.69 bits per heavy atom. The van der Waals surface area contributed by atoms with Gasteiger partial charge < -0.3 is 10.4 Å². The van der Waals surface area contributed by atoms with Crippen molar-refractivity contribution in [3.05, 3.63) is 22.4 Å². The molecule has 0 aliphatic rings. The highest BCUT2D eigenvalue weighted by atomic mass is 32.2. The maximum Gasteiger partial charge on any atom is 0.224 e. The van der Waals surface area contributed by atoms with Crippen LogP contribution >= 0.6 is 23.1 Å². The highest BCUT2D eigenvalue weighted by Crippen LogP contribution is 2.06. The van der Waals surface area contributed by atoms with Gasteiger partial charge in [0.05, 0.1) is 12.5 Å². The molecule has 0 spiro atoms. The van der Waals surface area contributed by atoms with E-state index in [2.05, 4.69) is 5.32 Å². The van der Waals surface area contributed by atoms with Crippen molar-refractivity contribution >= 4 is 29.0 Å². The van der Waals surface area contributed by atoms with Crippen LogP contribution in [0.25, 0.3) is 0 Å². The van der Waals surface area contributed by atoms with Crippen LogP contribution in [0, 0.1) is 0 Å². The van der Waals surface area contributed by atoms with Crippen LogP contribution in [0.3, 0.4) is 0 Å². The Labute approximate surface area is 104 Å². The van der Waals surface area contributed by atoms with Crippen LogP contribution in [0.1, 0.15) is 12.0 Å². The van der Waals surface area contributed by atoms with Gasteiger partial charge in [0, 0.05) is 6.54 Å². The van der Waals surface area contributed by atoms with Crippen LogP contribution in [-0.4, -0.2) is 35.7 Å². The van der Waals surface area contributed by atoms with E-state index in [1.54, 1.807) is 23.1 Å². The van der Waals surface area contributed by atoms with E-state index in [4.69, 9.17) is 0 Å². The molecule has 0 aliphatic heterocycles. The van der Waals surface area contributed by atoms with Crippen molar-refractivity contribution in [2.45, 2.75) is 18.9 Å². The van der Waals surface area contributed by atoms with Gasteiger partial charge in [-0.1, -0.05) is 0 Å². The molecule has 1 rings (SSSR count). The predicted molar refractivity (Wildman–Crippen MR) is 70.0 cm³/mol. The number of carbonyl (C=O) groups excluding carboxylic acids is 1. The summed E-state index contributed by atoms with van der Waals surface area (Å²) in [6.45, 7) is 0.351. The first-order valence-corrected chi connectivity index (χ1v) is 7.51. The Morgan fingerprint density at radius 3 is 3.12 bits per heavy atom. The van der Waals surface area contributed by atoms with Crippen LogP contribution in [-0.2, 0) is 11.2 Å². The fraction of sp³-hybridized carbons (Fsp3) is 0.545. The Hall–Kier alpha value is -0.520. The fourth-order valence-corrected chi connectivity index (χ4v) is 2.41. The molecule has 3 nitrogen and oxygen atoms in total. The molecule has 1 aromatic rings. The van der Waals surface area contributed by atoms with Crippen molar-refractivity contribution < 1.29 is 9.90 Å². The summed E-state index contributed by atoms with van der Waals surface area (Å²) in [5.41, 5.74) is 1.03. The number of carbonyl (C=O) groups is 1. The van der Waals surface area contributed by atoms with Crippen LogP contribution < -0.4 is 5.32 Å². The standard InChI is InChI=1S/C11H17NO2S2/c1-15-4-3-10(13)7-12-11(14)6-9-2-5-16-8-9/h2,5,8,10,13H,3-4,6-7H2,1H3,(H,12,14). The SMILES string of the molecule is CSCCC(O)CNC(=O)Cc1ccsc1. The number of aliphatic hydroxyl groups excluding tert-OH is 1. The fourth-order valence-electron chi connectivity index (χ4n) is 1.23. The summed E-state index contributed by atoms with van der Waals surface area (Å²) in [7, 11) is 0. The van der Waals surface area contributed by atoms with Gasteiger partial charge in [-0.15, -0.1) is 0 Å². The number of thioether (sulfide) groups is 1. The van der Waals surface area contributed by atoms with Gasteiger partial charge >= 0.3 is 0 Å². The van der Waals surface area contributed by atoms with Gasteiger partial charge in [0.1, 0.15) is 0 Å². The van der Waals surface area contributed by atoms with Crippen LogP contribution in [0.4, 0.5) is 0 Å². The molecule has 1 aromatic heterocycles. The molecule has 0 saturated heterocycles. The topological polar surface area (TPSA) is 49.3 Å². The monoisotopic (exact) mass is 259 g/mol. The van der Waals surface area contributed by atoms with Crippen molar-refractivity contribution in [1.82, 2.24) is 5.32 Å². The Kier molecular flexibility index (Phi) is 6.52. The third-order valence-corrected chi connectivity index (χ3v) is 3.51. The summed E-state index contributed by atoms with van der Waals surface area (Å²) in [4.78, 5) is 11.5. The lowest BCUT2D eigenvalue weighted by Gasteiger charge is -2.10. The quantitative estimate of drug-likeness (QED) is 0.780. The summed E-state index contributed by atoms with van der Waals surface area (Å²) in [5, 5.41) is 16.2. The molecular formula is C11H17NO2S2. The normalized spacial score (nSPS) is 12.4. The molecule has 0 saturated carbocycles. The average molecular weight is 259 g/mol. The summed E-state index contributed by atoms with van der Waals surface area (Å²) >= 11 is 3.28. The molecule has 90 valence electrons. The highest BCUT2D eigenvalue weighted by Gasteiger charge is 2.07. The zero-order chi connectivity index (χ0) is 11.8. The van der Waals surface area contributed by atoms with E-state index >= 15 is 0 Å². The van der Waals surface area contributed by atoms with Crippen molar-refractivity contribution in [2.75, 3.05) is 18.6 Å². The number of nitrogens with one attached hydrogen (secondary N) is 1. The van der Waals surface area contributed by atoms with E-state index in [0.29, 0.717) is 13.0 Å². The third-order valence-electron chi connectivity index (χ3n) is 2.13. The van der Waals surface area contributed by atoms with Gasteiger partial charge in [0.2, 0.25) is 5.91 Å². The van der Waals surface area contributed by atoms with Crippen LogP contribution in [0.5, 0.6) is 0 Å². The Morgan fingerprint density at radius 2 is 2.50 bits per heavy atom. The molecule has 0 aromatic carbocycles. The lowest BCUT2D eigenvalue weighted by molar-refractivity contribution is -0.120. The number of hydrogen-bond acceptors (Lipinski definition) is 4. The van der Waals surface area contributed by atoms with E-state index in [-0.39, 0.29) is 5.91 Å². The molecule has 1 amide bonds. The molecule has 5 heteroatoms. The first-order chi connectivity index (χ1) is 7.72. The molecule has 1 unspecified atom stereocenters. The molecule has 16 heavy (non-hydrogen) atoms. The van der Waals surface area contributed by atoms with Gasteiger partial charge in [-0.3, -0.25) is 4.79 Å². The van der Waals surface area contributed by atoms with Crippen LogP contribution in [0.15, 0.2) is 16.8 Å². The van der Waals surface area contributed by atoms with Gasteiger partial charge in [-0.2, -0.15) is 23.1 Å². The van der Waals surface area contributed by atoms with Crippen molar-refractivity contribution in [1.29, 1.82) is 0 Å². The van der Waals surface area contributed by atoms with Crippen molar-refractivity contribution in [2.24, 2.45) is 0 Å². The van der Waals surface area contributed by atoms with E-state index in [9.17, 15) is 9.90 Å². The first-order valence-electron chi connectivity index (χ1n) is 5.17. The van der Waals surface area contributed by atoms with E-state index in [1.165, 1.54) is 0 Å². The van der Waals surface area contributed by atoms with Crippen molar-refractivity contribution in [3.63, 3.8) is 0 Å². The highest BCUT2D eigenvalue weighted by molar-refractivity contribution is 7.98. The molecular weight excluding hydrogens is 242 g/mol. The van der Waals surface area contributed by atoms with Gasteiger partial charge in [0.15, 0.2) is 0 Å². The minimum atomic E-state index is -0.432. The number of thiophene rings is 1. The molecule has 0 bridgehead atoms. The van der Waals surface area contributed by atoms with Gasteiger partial charge in [-0.25, -0.2) is 0 Å². The maximum atomic E-state index is 11.5. The molecule has 1 atom stereocenters. The van der Waals surface area contributed by atoms with E-state index in [0.717, 1.165) is 17.7 Å². The largest absolute Gasteiger partial charge is 0.391 e. The van der Waals surface area contributed by atoms with E-state index in [1.807, 2.05) is 23.1 Å². The van der Waals surface area contributed by atoms with Gasteiger partial charge in [-0.05, 0) is 40.8 Å². The minimum absolute atomic E-state index is 0.0263. The number of rotatable bonds is 7. The molecule has 0 aliphatic carbocycles. The minimum Gasteiger partial charge on any atom is -0.391 e. The van der Waals surface area contributed by atoms with Gasteiger partial charge in [0.25, 0.3) is 0 Å². The molecule has 2 N–H and O–H groups in total. The molecule has 0 fully saturated rings. The second kappa shape index (κ2) is 7.70. The summed E-state index contributed by atoms with van der Waals surface area (Å²) < 4.78 is 0. The number of aliphatic hydroxyl groups is 1. The zero-order valence-corrected chi connectivity index (χ0v) is 10.9.